The van der Waals surface area contributed by atoms with E-state index in [0.29, 0.717) is 5.75 Å². The lowest BCUT2D eigenvalue weighted by Crippen LogP contribution is -2.14. The Balaban J connectivity index is 2.26. The van der Waals surface area contributed by atoms with Crippen LogP contribution in [0.3, 0.4) is 0 Å². The summed E-state index contributed by atoms with van der Waals surface area (Å²) in [6.07, 6.45) is 1.32. The number of aryl methyl sites for hydroxylation is 1. The first-order valence-corrected chi connectivity index (χ1v) is 5.45. The summed E-state index contributed by atoms with van der Waals surface area (Å²) >= 11 is 0. The molecule has 0 aliphatic carbocycles. The molecule has 0 aliphatic heterocycles. The van der Waals surface area contributed by atoms with Gasteiger partial charge in [-0.3, -0.25) is 9.48 Å². The van der Waals surface area contributed by atoms with Crippen molar-refractivity contribution in [3.8, 4) is 5.75 Å². The van der Waals surface area contributed by atoms with Crippen LogP contribution in [-0.4, -0.2) is 22.8 Å². The zero-order chi connectivity index (χ0) is 14.0. The first-order valence-electron chi connectivity index (χ1n) is 5.45. The Bertz CT molecular complexity index is 624. The Morgan fingerprint density at radius 2 is 2.26 bits per heavy atom. The molecule has 19 heavy (non-hydrogen) atoms. The fourth-order valence-corrected chi connectivity index (χ4v) is 1.54. The molecule has 0 unspecified atom stereocenters. The van der Waals surface area contributed by atoms with Crippen molar-refractivity contribution < 1.29 is 13.9 Å². The number of nitrogens with one attached hydrogen (secondary N) is 1. The number of nitrogens with zero attached hydrogens (tertiary/aromatic N) is 2. The molecule has 0 radical (unpaired) electrons. The van der Waals surface area contributed by atoms with E-state index < -0.39 is 11.7 Å². The van der Waals surface area contributed by atoms with Gasteiger partial charge in [0.15, 0.2) is 0 Å². The van der Waals surface area contributed by atoms with E-state index in [1.54, 1.807) is 7.05 Å². The standard InChI is InChI=1S/C12H13FN4O2/c1-17-11(14)8(6-15-17)12(18)16-10-5-7(19-2)3-4-9(10)13/h3-6H,14H2,1-2H3,(H,16,18). The quantitative estimate of drug-likeness (QED) is 0.878. The number of anilines is 2. The maximum Gasteiger partial charge on any atom is 0.261 e. The normalized spacial score (nSPS) is 10.3. The molecule has 2 aromatic rings. The van der Waals surface area contributed by atoms with E-state index in [-0.39, 0.29) is 17.1 Å². The Morgan fingerprint density at radius 3 is 2.84 bits per heavy atom. The third-order valence-electron chi connectivity index (χ3n) is 2.65. The molecule has 0 aliphatic rings. The van der Waals surface area contributed by atoms with E-state index in [1.165, 1.54) is 36.2 Å². The molecule has 0 spiro atoms. The van der Waals surface area contributed by atoms with Gasteiger partial charge in [0.05, 0.1) is 19.0 Å². The van der Waals surface area contributed by atoms with Crippen molar-refractivity contribution in [3.63, 3.8) is 0 Å². The van der Waals surface area contributed by atoms with E-state index in [4.69, 9.17) is 10.5 Å². The number of aromatic nitrogens is 2. The highest BCUT2D eigenvalue weighted by atomic mass is 19.1. The Morgan fingerprint density at radius 1 is 1.53 bits per heavy atom. The first kappa shape index (κ1) is 12.9. The molecule has 1 amide bonds. The van der Waals surface area contributed by atoms with Gasteiger partial charge >= 0.3 is 0 Å². The molecule has 3 N–H and O–H groups in total. The lowest BCUT2D eigenvalue weighted by atomic mass is 10.2. The van der Waals surface area contributed by atoms with E-state index >= 15 is 0 Å². The smallest absolute Gasteiger partial charge is 0.261 e. The van der Waals surface area contributed by atoms with Gasteiger partial charge in [0, 0.05) is 13.1 Å². The molecule has 2 rings (SSSR count). The lowest BCUT2D eigenvalue weighted by Gasteiger charge is -2.08. The molecule has 6 nitrogen and oxygen atoms in total. The van der Waals surface area contributed by atoms with Crippen LogP contribution in [0.5, 0.6) is 5.75 Å². The van der Waals surface area contributed by atoms with E-state index in [0.717, 1.165) is 0 Å². The average molecular weight is 264 g/mol. The second-order valence-electron chi connectivity index (χ2n) is 3.87. The summed E-state index contributed by atoms with van der Waals surface area (Å²) in [6, 6.07) is 4.06. The van der Waals surface area contributed by atoms with Crippen molar-refractivity contribution in [1.29, 1.82) is 0 Å². The van der Waals surface area contributed by atoms with E-state index in [9.17, 15) is 9.18 Å². The van der Waals surface area contributed by atoms with Crippen molar-refractivity contribution in [2.24, 2.45) is 7.05 Å². The number of benzene rings is 1. The molecule has 100 valence electrons. The van der Waals surface area contributed by atoms with E-state index in [2.05, 4.69) is 10.4 Å². The molecular formula is C12H13FN4O2. The van der Waals surface area contributed by atoms with Gasteiger partial charge in [-0.05, 0) is 12.1 Å². The Hall–Kier alpha value is -2.57. The number of nitrogen functional groups attached to an aromatic ring is 1. The number of hydrogen-bond donors (Lipinski definition) is 2. The molecule has 0 saturated carbocycles. The van der Waals surface area contributed by atoms with Crippen molar-refractivity contribution in [3.05, 3.63) is 35.8 Å². The van der Waals surface area contributed by atoms with Crippen LogP contribution in [0.4, 0.5) is 15.9 Å². The van der Waals surface area contributed by atoms with Crippen LogP contribution in [0.25, 0.3) is 0 Å². The molecule has 0 atom stereocenters. The molecule has 0 bridgehead atoms. The van der Waals surface area contributed by atoms with Crippen molar-refractivity contribution in [1.82, 2.24) is 9.78 Å². The van der Waals surface area contributed by atoms with Crippen LogP contribution >= 0.6 is 0 Å². The van der Waals surface area contributed by atoms with Crippen molar-refractivity contribution >= 4 is 17.4 Å². The summed E-state index contributed by atoms with van der Waals surface area (Å²) in [7, 11) is 3.07. The Kier molecular flexibility index (Phi) is 3.37. The number of amides is 1. The number of nitrogens with two attached hydrogens (primary N) is 1. The van der Waals surface area contributed by atoms with Crippen LogP contribution in [-0.2, 0) is 7.05 Å². The molecule has 0 saturated heterocycles. The van der Waals surface area contributed by atoms with Crippen LogP contribution in [0.15, 0.2) is 24.4 Å². The average Bonchev–Trinajstić information content (AvgIpc) is 2.73. The fraction of sp³-hybridized carbons (Fsp3) is 0.167. The molecule has 1 heterocycles. The topological polar surface area (TPSA) is 82.2 Å². The summed E-state index contributed by atoms with van der Waals surface area (Å²) in [5.74, 6) is -0.439. The van der Waals surface area contributed by atoms with Gasteiger partial charge in [-0.15, -0.1) is 0 Å². The summed E-state index contributed by atoms with van der Waals surface area (Å²) in [6.45, 7) is 0. The first-order chi connectivity index (χ1) is 9.02. The second-order valence-corrected chi connectivity index (χ2v) is 3.87. The number of carbonyl (C=O) groups excluding carboxylic acids is 1. The largest absolute Gasteiger partial charge is 0.497 e. The molecule has 7 heteroatoms. The summed E-state index contributed by atoms with van der Waals surface area (Å²) in [5.41, 5.74) is 5.88. The van der Waals surface area contributed by atoms with Crippen molar-refractivity contribution in [2.45, 2.75) is 0 Å². The van der Waals surface area contributed by atoms with Gasteiger partial charge in [-0.25, -0.2) is 4.39 Å². The second kappa shape index (κ2) is 4.97. The number of carbonyl (C=O) groups is 1. The van der Waals surface area contributed by atoms with Gasteiger partial charge in [-0.1, -0.05) is 0 Å². The van der Waals surface area contributed by atoms with Gasteiger partial charge in [0.1, 0.15) is 22.9 Å². The van der Waals surface area contributed by atoms with Gasteiger partial charge < -0.3 is 15.8 Å². The highest BCUT2D eigenvalue weighted by molar-refractivity contribution is 6.07. The minimum Gasteiger partial charge on any atom is -0.497 e. The van der Waals surface area contributed by atoms with Crippen LogP contribution in [0, 0.1) is 5.82 Å². The Labute approximate surface area is 109 Å². The molecule has 1 aromatic carbocycles. The highest BCUT2D eigenvalue weighted by Crippen LogP contribution is 2.22. The highest BCUT2D eigenvalue weighted by Gasteiger charge is 2.15. The van der Waals surface area contributed by atoms with Crippen LogP contribution < -0.4 is 15.8 Å². The predicted molar refractivity (Wildman–Crippen MR) is 68.5 cm³/mol. The molecular weight excluding hydrogens is 251 g/mol. The number of methoxy groups -OCH3 is 1. The summed E-state index contributed by atoms with van der Waals surface area (Å²) in [4.78, 5) is 11.9. The number of hydrogen-bond acceptors (Lipinski definition) is 4. The fourth-order valence-electron chi connectivity index (χ4n) is 1.54. The molecule has 1 aromatic heterocycles. The maximum atomic E-state index is 13.6. The monoisotopic (exact) mass is 264 g/mol. The predicted octanol–water partition coefficient (Wildman–Crippen LogP) is 1.40. The number of halogens is 1. The zero-order valence-electron chi connectivity index (χ0n) is 10.5. The van der Waals surface area contributed by atoms with Crippen LogP contribution in [0.2, 0.25) is 0 Å². The van der Waals surface area contributed by atoms with Crippen LogP contribution in [0.1, 0.15) is 10.4 Å². The third-order valence-corrected chi connectivity index (χ3v) is 2.65. The number of rotatable bonds is 3. The maximum absolute atomic E-state index is 13.6. The van der Waals surface area contributed by atoms with Gasteiger partial charge in [0.25, 0.3) is 5.91 Å². The summed E-state index contributed by atoms with van der Waals surface area (Å²) < 4.78 is 19.9. The minimum absolute atomic E-state index is 0.0209. The lowest BCUT2D eigenvalue weighted by molar-refractivity contribution is 0.102. The number of ether oxygens (including phenoxy) is 1. The minimum atomic E-state index is -0.559. The molecule has 0 fully saturated rings. The third kappa shape index (κ3) is 2.49. The van der Waals surface area contributed by atoms with E-state index in [1.807, 2.05) is 0 Å². The van der Waals surface area contributed by atoms with Gasteiger partial charge in [0.2, 0.25) is 0 Å². The SMILES string of the molecule is COc1ccc(F)c(NC(=O)c2cnn(C)c2N)c1. The summed E-state index contributed by atoms with van der Waals surface area (Å²) in [5, 5.41) is 6.28. The van der Waals surface area contributed by atoms with Gasteiger partial charge in [-0.2, -0.15) is 5.10 Å². The van der Waals surface area contributed by atoms with Crippen molar-refractivity contribution in [2.75, 3.05) is 18.2 Å². The zero-order valence-corrected chi connectivity index (χ0v) is 10.5.